The minimum atomic E-state index is -0.263. The van der Waals surface area contributed by atoms with Gasteiger partial charge in [0.2, 0.25) is 11.9 Å². The third-order valence-corrected chi connectivity index (χ3v) is 5.31. The van der Waals surface area contributed by atoms with E-state index in [1.54, 1.807) is 12.3 Å². The number of likely N-dealkylation sites (tertiary alicyclic amines) is 1. The number of aromatic amines is 1. The molecule has 0 bridgehead atoms. The number of hydrogen-bond acceptors (Lipinski definition) is 7. The molecule has 3 aromatic rings. The summed E-state index contributed by atoms with van der Waals surface area (Å²) >= 11 is 0. The minimum Gasteiger partial charge on any atom is -0.354 e. The van der Waals surface area contributed by atoms with Gasteiger partial charge in [0.15, 0.2) is 0 Å². The van der Waals surface area contributed by atoms with Crippen molar-refractivity contribution in [3.05, 3.63) is 52.4 Å². The van der Waals surface area contributed by atoms with E-state index in [0.29, 0.717) is 42.2 Å². The number of nitrogens with zero attached hydrogens (tertiary/aromatic N) is 3. The standard InChI is InChI=1S/C22H27N7O2/c23-9-3-10-25-22-27-17-8-11-24-21(31)19(17)20(28-22)26-16-6-4-15(5-7-16)14-18(30)29-12-1-2-13-29/h4-8,11H,1-3,9-10,12-14,23H2,(H,24,31)(H2,25,26,27,28). The van der Waals surface area contributed by atoms with Crippen molar-refractivity contribution in [1.29, 1.82) is 0 Å². The number of carbonyl (C=O) groups excluding carboxylic acids is 1. The van der Waals surface area contributed by atoms with Gasteiger partial charge in [-0.15, -0.1) is 0 Å². The van der Waals surface area contributed by atoms with Crippen LogP contribution in [0.5, 0.6) is 0 Å². The van der Waals surface area contributed by atoms with Crippen LogP contribution in [0.15, 0.2) is 41.3 Å². The van der Waals surface area contributed by atoms with Crippen LogP contribution >= 0.6 is 0 Å². The van der Waals surface area contributed by atoms with Crippen LogP contribution in [0.1, 0.15) is 24.8 Å². The van der Waals surface area contributed by atoms with Gasteiger partial charge in [-0.2, -0.15) is 4.98 Å². The Morgan fingerprint density at radius 1 is 1.13 bits per heavy atom. The average Bonchev–Trinajstić information content (AvgIpc) is 3.30. The predicted octanol–water partition coefficient (Wildman–Crippen LogP) is 1.99. The molecule has 162 valence electrons. The molecule has 0 atom stereocenters. The van der Waals surface area contributed by atoms with Gasteiger partial charge >= 0.3 is 0 Å². The van der Waals surface area contributed by atoms with Gasteiger partial charge in [-0.25, -0.2) is 4.98 Å². The highest BCUT2D eigenvalue weighted by molar-refractivity contribution is 5.90. The number of carbonyl (C=O) groups is 1. The lowest BCUT2D eigenvalue weighted by atomic mass is 10.1. The van der Waals surface area contributed by atoms with Crippen molar-refractivity contribution in [3.8, 4) is 0 Å². The number of benzene rings is 1. The molecule has 0 unspecified atom stereocenters. The predicted molar refractivity (Wildman–Crippen MR) is 122 cm³/mol. The fourth-order valence-corrected chi connectivity index (χ4v) is 3.66. The van der Waals surface area contributed by atoms with Crippen LogP contribution in [0, 0.1) is 0 Å². The Morgan fingerprint density at radius 3 is 2.65 bits per heavy atom. The fourth-order valence-electron chi connectivity index (χ4n) is 3.66. The van der Waals surface area contributed by atoms with Crippen LogP contribution in [0.4, 0.5) is 17.5 Å². The number of nitrogens with one attached hydrogen (secondary N) is 3. The smallest absolute Gasteiger partial charge is 0.261 e. The molecule has 0 saturated carbocycles. The van der Waals surface area contributed by atoms with E-state index in [1.807, 2.05) is 29.2 Å². The van der Waals surface area contributed by atoms with Gasteiger partial charge < -0.3 is 26.3 Å². The summed E-state index contributed by atoms with van der Waals surface area (Å²) in [7, 11) is 0. The Hall–Kier alpha value is -3.46. The highest BCUT2D eigenvalue weighted by Gasteiger charge is 2.18. The maximum atomic E-state index is 12.4. The Bertz CT molecular complexity index is 1110. The molecule has 1 aromatic carbocycles. The number of anilines is 3. The Kier molecular flexibility index (Phi) is 6.42. The zero-order valence-corrected chi connectivity index (χ0v) is 17.4. The minimum absolute atomic E-state index is 0.166. The molecule has 1 aliphatic heterocycles. The van der Waals surface area contributed by atoms with E-state index in [-0.39, 0.29) is 11.5 Å². The molecular weight excluding hydrogens is 394 g/mol. The van der Waals surface area contributed by atoms with Crippen LogP contribution in [-0.2, 0) is 11.2 Å². The number of pyridine rings is 1. The van der Waals surface area contributed by atoms with Crippen LogP contribution in [0.3, 0.4) is 0 Å². The summed E-state index contributed by atoms with van der Waals surface area (Å²) < 4.78 is 0. The number of nitrogens with two attached hydrogens (primary N) is 1. The normalized spacial score (nSPS) is 13.5. The third-order valence-electron chi connectivity index (χ3n) is 5.31. The van der Waals surface area contributed by atoms with Crippen molar-refractivity contribution in [2.75, 3.05) is 36.8 Å². The molecule has 1 fully saturated rings. The van der Waals surface area contributed by atoms with Gasteiger partial charge in [0, 0.05) is 31.5 Å². The van der Waals surface area contributed by atoms with Crippen molar-refractivity contribution in [2.24, 2.45) is 5.73 Å². The lowest BCUT2D eigenvalue weighted by molar-refractivity contribution is -0.129. The van der Waals surface area contributed by atoms with Gasteiger partial charge in [0.05, 0.1) is 11.9 Å². The zero-order chi connectivity index (χ0) is 21.6. The summed E-state index contributed by atoms with van der Waals surface area (Å²) in [5, 5.41) is 6.76. The second-order valence-electron chi connectivity index (χ2n) is 7.62. The first-order chi connectivity index (χ1) is 15.1. The Balaban J connectivity index is 1.54. The topological polar surface area (TPSA) is 129 Å². The molecule has 1 aliphatic rings. The van der Waals surface area contributed by atoms with E-state index in [1.165, 1.54) is 0 Å². The van der Waals surface area contributed by atoms with Crippen molar-refractivity contribution in [3.63, 3.8) is 0 Å². The van der Waals surface area contributed by atoms with E-state index in [9.17, 15) is 9.59 Å². The van der Waals surface area contributed by atoms with Crippen LogP contribution in [-0.4, -0.2) is 51.9 Å². The fraction of sp³-hybridized carbons (Fsp3) is 0.364. The lowest BCUT2D eigenvalue weighted by Gasteiger charge is -2.15. The number of amides is 1. The molecule has 31 heavy (non-hydrogen) atoms. The first-order valence-corrected chi connectivity index (χ1v) is 10.6. The number of aromatic nitrogens is 3. The number of rotatable bonds is 8. The summed E-state index contributed by atoms with van der Waals surface area (Å²) in [6, 6.07) is 9.36. The van der Waals surface area contributed by atoms with Crippen molar-refractivity contribution >= 4 is 34.3 Å². The summed E-state index contributed by atoms with van der Waals surface area (Å²) in [6.07, 6.45) is 4.92. The van der Waals surface area contributed by atoms with Crippen LogP contribution < -0.4 is 21.9 Å². The number of fused-ring (bicyclic) bond motifs is 1. The van der Waals surface area contributed by atoms with Crippen molar-refractivity contribution < 1.29 is 4.79 Å². The second-order valence-corrected chi connectivity index (χ2v) is 7.62. The number of H-pyrrole nitrogens is 1. The van der Waals surface area contributed by atoms with Gasteiger partial charge in [-0.3, -0.25) is 9.59 Å². The number of hydrogen-bond donors (Lipinski definition) is 4. The second kappa shape index (κ2) is 9.57. The quantitative estimate of drug-likeness (QED) is 0.409. The molecule has 2 aromatic heterocycles. The molecular formula is C22H27N7O2. The molecule has 0 radical (unpaired) electrons. The SMILES string of the molecule is NCCCNc1nc(Nc2ccc(CC(=O)N3CCCC3)cc2)c2c(=O)[nH]ccc2n1. The monoisotopic (exact) mass is 421 g/mol. The Labute approximate surface area is 180 Å². The van der Waals surface area contributed by atoms with E-state index in [4.69, 9.17) is 5.73 Å². The molecule has 3 heterocycles. The molecule has 9 heteroatoms. The first-order valence-electron chi connectivity index (χ1n) is 10.6. The first kappa shape index (κ1) is 20.8. The van der Waals surface area contributed by atoms with Gasteiger partial charge in [0.25, 0.3) is 5.56 Å². The van der Waals surface area contributed by atoms with E-state index in [0.717, 1.165) is 43.6 Å². The molecule has 9 nitrogen and oxygen atoms in total. The van der Waals surface area contributed by atoms with Gasteiger partial charge in [-0.1, -0.05) is 12.1 Å². The zero-order valence-electron chi connectivity index (χ0n) is 17.4. The Morgan fingerprint density at radius 2 is 1.90 bits per heavy atom. The summed E-state index contributed by atoms with van der Waals surface area (Å²) in [5.41, 5.74) is 7.56. The molecule has 1 saturated heterocycles. The van der Waals surface area contributed by atoms with Crippen molar-refractivity contribution in [2.45, 2.75) is 25.7 Å². The molecule has 1 amide bonds. The lowest BCUT2D eigenvalue weighted by Crippen LogP contribution is -2.29. The van der Waals surface area contributed by atoms with E-state index < -0.39 is 0 Å². The third kappa shape index (κ3) is 5.00. The van der Waals surface area contributed by atoms with Gasteiger partial charge in [0.1, 0.15) is 11.2 Å². The highest BCUT2D eigenvalue weighted by Crippen LogP contribution is 2.23. The largest absolute Gasteiger partial charge is 0.354 e. The molecule has 4 rings (SSSR count). The summed E-state index contributed by atoms with van der Waals surface area (Å²) in [5.74, 6) is 1.02. The van der Waals surface area contributed by atoms with Gasteiger partial charge in [-0.05, 0) is 49.6 Å². The van der Waals surface area contributed by atoms with E-state index >= 15 is 0 Å². The summed E-state index contributed by atoms with van der Waals surface area (Å²) in [4.78, 5) is 38.3. The maximum Gasteiger partial charge on any atom is 0.261 e. The molecule has 0 spiro atoms. The average molecular weight is 422 g/mol. The van der Waals surface area contributed by atoms with Crippen LogP contribution in [0.25, 0.3) is 10.9 Å². The van der Waals surface area contributed by atoms with Crippen molar-refractivity contribution in [1.82, 2.24) is 19.9 Å². The molecule has 0 aliphatic carbocycles. The van der Waals surface area contributed by atoms with E-state index in [2.05, 4.69) is 25.6 Å². The molecule has 5 N–H and O–H groups in total. The maximum absolute atomic E-state index is 12.4. The van der Waals surface area contributed by atoms with Crippen LogP contribution in [0.2, 0.25) is 0 Å². The summed E-state index contributed by atoms with van der Waals surface area (Å²) in [6.45, 7) is 2.92. The highest BCUT2D eigenvalue weighted by atomic mass is 16.2.